The van der Waals surface area contributed by atoms with E-state index in [1.165, 1.54) is 31.5 Å². The number of methoxy groups -OCH3 is 1. The third-order valence-electron chi connectivity index (χ3n) is 5.07. The summed E-state index contributed by atoms with van der Waals surface area (Å²) in [6.07, 6.45) is 1.37. The number of phenolic OH excluding ortho intramolecular Hbond substituents is 1. The molecule has 3 aromatic carbocycles. The number of hydrogen-bond acceptors (Lipinski definition) is 6. The Labute approximate surface area is 193 Å². The van der Waals surface area contributed by atoms with Gasteiger partial charge in [-0.05, 0) is 66.9 Å². The summed E-state index contributed by atoms with van der Waals surface area (Å²) in [4.78, 5) is 12.8. The number of carbonyl (C=O) groups is 1. The SMILES string of the molecule is COc1cc(/C=N/NC(=O)CN(c2cccc(C)c2C)S(=O)(=O)c2ccccc2)ccc1O. The van der Waals surface area contributed by atoms with Crippen LogP contribution in [0.5, 0.6) is 11.5 Å². The molecule has 2 N–H and O–H groups in total. The fraction of sp³-hybridized carbons (Fsp3) is 0.167. The zero-order valence-corrected chi connectivity index (χ0v) is 19.3. The number of ether oxygens (including phenoxy) is 1. The van der Waals surface area contributed by atoms with Crippen molar-refractivity contribution in [2.45, 2.75) is 18.7 Å². The maximum Gasteiger partial charge on any atom is 0.264 e. The zero-order valence-electron chi connectivity index (χ0n) is 18.5. The summed E-state index contributed by atoms with van der Waals surface area (Å²) in [7, 11) is -2.58. The van der Waals surface area contributed by atoms with Crippen molar-refractivity contribution < 1.29 is 23.1 Å². The van der Waals surface area contributed by atoms with Gasteiger partial charge in [-0.2, -0.15) is 5.10 Å². The monoisotopic (exact) mass is 467 g/mol. The molecule has 0 aliphatic carbocycles. The average Bonchev–Trinajstić information content (AvgIpc) is 2.81. The van der Waals surface area contributed by atoms with Gasteiger partial charge in [0.25, 0.3) is 15.9 Å². The van der Waals surface area contributed by atoms with Gasteiger partial charge in [0.2, 0.25) is 0 Å². The number of aryl methyl sites for hydroxylation is 1. The van der Waals surface area contributed by atoms with Gasteiger partial charge in [-0.3, -0.25) is 9.10 Å². The molecule has 0 aliphatic heterocycles. The summed E-state index contributed by atoms with van der Waals surface area (Å²) >= 11 is 0. The summed E-state index contributed by atoms with van der Waals surface area (Å²) in [6.45, 7) is 3.23. The lowest BCUT2D eigenvalue weighted by Gasteiger charge is -2.26. The lowest BCUT2D eigenvalue weighted by atomic mass is 10.1. The molecule has 9 heteroatoms. The number of aromatic hydroxyl groups is 1. The molecule has 0 spiro atoms. The van der Waals surface area contributed by atoms with Crippen molar-refractivity contribution in [3.05, 3.63) is 83.4 Å². The van der Waals surface area contributed by atoms with Crippen molar-refractivity contribution >= 4 is 27.8 Å². The van der Waals surface area contributed by atoms with Crippen molar-refractivity contribution in [3.8, 4) is 11.5 Å². The van der Waals surface area contributed by atoms with Crippen LogP contribution in [0, 0.1) is 13.8 Å². The average molecular weight is 468 g/mol. The smallest absolute Gasteiger partial charge is 0.264 e. The second kappa shape index (κ2) is 10.2. The third kappa shape index (κ3) is 5.50. The van der Waals surface area contributed by atoms with Gasteiger partial charge in [-0.1, -0.05) is 30.3 Å². The number of nitrogens with one attached hydrogen (secondary N) is 1. The van der Waals surface area contributed by atoms with Crippen LogP contribution in [0.15, 0.2) is 76.7 Å². The van der Waals surface area contributed by atoms with Gasteiger partial charge in [0, 0.05) is 0 Å². The van der Waals surface area contributed by atoms with E-state index < -0.39 is 22.5 Å². The highest BCUT2D eigenvalue weighted by atomic mass is 32.2. The predicted octanol–water partition coefficient (Wildman–Crippen LogP) is 3.36. The lowest BCUT2D eigenvalue weighted by Crippen LogP contribution is -2.40. The topological polar surface area (TPSA) is 108 Å². The number of sulfonamides is 1. The minimum absolute atomic E-state index is 0.0195. The Morgan fingerprint density at radius 1 is 1.09 bits per heavy atom. The van der Waals surface area contributed by atoms with Crippen LogP contribution in [-0.4, -0.2) is 39.3 Å². The predicted molar refractivity (Wildman–Crippen MR) is 127 cm³/mol. The van der Waals surface area contributed by atoms with Crippen LogP contribution in [0.1, 0.15) is 16.7 Å². The normalized spacial score (nSPS) is 11.4. The van der Waals surface area contributed by atoms with Crippen molar-refractivity contribution in [2.24, 2.45) is 5.10 Å². The van der Waals surface area contributed by atoms with Crippen LogP contribution in [0.4, 0.5) is 5.69 Å². The van der Waals surface area contributed by atoms with Gasteiger partial charge in [-0.15, -0.1) is 0 Å². The number of phenols is 1. The molecular formula is C24H25N3O5S. The van der Waals surface area contributed by atoms with E-state index >= 15 is 0 Å². The van der Waals surface area contributed by atoms with Gasteiger partial charge in [0.15, 0.2) is 11.5 Å². The molecule has 0 bridgehead atoms. The molecule has 172 valence electrons. The first-order chi connectivity index (χ1) is 15.7. The van der Waals surface area contributed by atoms with E-state index in [0.717, 1.165) is 15.4 Å². The van der Waals surface area contributed by atoms with E-state index in [1.54, 1.807) is 42.5 Å². The Morgan fingerprint density at radius 2 is 1.82 bits per heavy atom. The molecular weight excluding hydrogens is 442 g/mol. The van der Waals surface area contributed by atoms with Crippen molar-refractivity contribution in [1.82, 2.24) is 5.43 Å². The van der Waals surface area contributed by atoms with Gasteiger partial charge < -0.3 is 9.84 Å². The maximum atomic E-state index is 13.4. The molecule has 0 saturated heterocycles. The molecule has 0 atom stereocenters. The largest absolute Gasteiger partial charge is 0.504 e. The second-order valence-corrected chi connectivity index (χ2v) is 9.13. The Bertz CT molecular complexity index is 1270. The molecule has 0 aromatic heterocycles. The number of hydrogen-bond donors (Lipinski definition) is 2. The molecule has 0 aliphatic rings. The molecule has 3 aromatic rings. The minimum atomic E-state index is -4.00. The molecule has 8 nitrogen and oxygen atoms in total. The minimum Gasteiger partial charge on any atom is -0.504 e. The number of nitrogens with zero attached hydrogens (tertiary/aromatic N) is 2. The van der Waals surface area contributed by atoms with Crippen LogP contribution in [-0.2, 0) is 14.8 Å². The number of anilines is 1. The Hall–Kier alpha value is -3.85. The van der Waals surface area contributed by atoms with E-state index in [9.17, 15) is 18.3 Å². The zero-order chi connectivity index (χ0) is 24.0. The quantitative estimate of drug-likeness (QED) is 0.390. The first kappa shape index (κ1) is 23.8. The summed E-state index contributed by atoms with van der Waals surface area (Å²) in [5.74, 6) is -0.369. The van der Waals surface area contributed by atoms with E-state index in [1.807, 2.05) is 19.9 Å². The van der Waals surface area contributed by atoms with Gasteiger partial charge in [-0.25, -0.2) is 13.8 Å². The van der Waals surface area contributed by atoms with E-state index in [0.29, 0.717) is 11.3 Å². The van der Waals surface area contributed by atoms with Crippen LogP contribution >= 0.6 is 0 Å². The highest BCUT2D eigenvalue weighted by Gasteiger charge is 2.28. The van der Waals surface area contributed by atoms with Gasteiger partial charge in [0.1, 0.15) is 6.54 Å². The number of amides is 1. The van der Waals surface area contributed by atoms with Crippen LogP contribution in [0.25, 0.3) is 0 Å². The van der Waals surface area contributed by atoms with E-state index in [4.69, 9.17) is 4.74 Å². The van der Waals surface area contributed by atoms with Crippen molar-refractivity contribution in [3.63, 3.8) is 0 Å². The van der Waals surface area contributed by atoms with Crippen molar-refractivity contribution in [2.75, 3.05) is 18.0 Å². The number of hydrazone groups is 1. The second-order valence-electron chi connectivity index (χ2n) is 7.27. The van der Waals surface area contributed by atoms with Crippen LogP contribution < -0.4 is 14.5 Å². The van der Waals surface area contributed by atoms with E-state index in [2.05, 4.69) is 10.5 Å². The molecule has 3 rings (SSSR count). The number of benzene rings is 3. The summed E-state index contributed by atoms with van der Waals surface area (Å²) < 4.78 is 32.9. The van der Waals surface area contributed by atoms with Gasteiger partial charge >= 0.3 is 0 Å². The highest BCUT2D eigenvalue weighted by Crippen LogP contribution is 2.28. The molecule has 0 saturated carbocycles. The Kier molecular flexibility index (Phi) is 7.34. The molecule has 1 amide bonds. The first-order valence-electron chi connectivity index (χ1n) is 10.1. The molecule has 0 fully saturated rings. The molecule has 0 heterocycles. The van der Waals surface area contributed by atoms with Crippen molar-refractivity contribution in [1.29, 1.82) is 0 Å². The fourth-order valence-corrected chi connectivity index (χ4v) is 4.64. The van der Waals surface area contributed by atoms with Crippen LogP contribution in [0.3, 0.4) is 0 Å². The van der Waals surface area contributed by atoms with E-state index in [-0.39, 0.29) is 16.4 Å². The van der Waals surface area contributed by atoms with Gasteiger partial charge in [0.05, 0.1) is 23.9 Å². The summed E-state index contributed by atoms with van der Waals surface area (Å²) in [5, 5.41) is 13.6. The lowest BCUT2D eigenvalue weighted by molar-refractivity contribution is -0.119. The molecule has 33 heavy (non-hydrogen) atoms. The standard InChI is InChI=1S/C24H25N3O5S/c1-17-8-7-11-21(18(17)2)27(33(30,31)20-9-5-4-6-10-20)16-24(29)26-25-15-19-12-13-22(28)23(14-19)32-3/h4-15,28H,16H2,1-3H3,(H,26,29)/b25-15+. The Balaban J connectivity index is 1.86. The number of carbonyl (C=O) groups excluding carboxylic acids is 1. The Morgan fingerprint density at radius 3 is 2.52 bits per heavy atom. The summed E-state index contributed by atoms with van der Waals surface area (Å²) in [6, 6.07) is 17.8. The van der Waals surface area contributed by atoms with Crippen LogP contribution in [0.2, 0.25) is 0 Å². The molecule has 0 unspecified atom stereocenters. The first-order valence-corrected chi connectivity index (χ1v) is 11.5. The molecule has 0 radical (unpaired) electrons. The third-order valence-corrected chi connectivity index (χ3v) is 6.84. The number of rotatable bonds is 8. The highest BCUT2D eigenvalue weighted by molar-refractivity contribution is 7.92. The fourth-order valence-electron chi connectivity index (χ4n) is 3.14. The maximum absolute atomic E-state index is 13.4. The summed E-state index contributed by atoms with van der Waals surface area (Å²) in [5.41, 5.74) is 5.01.